The van der Waals surface area contributed by atoms with Gasteiger partial charge in [0.15, 0.2) is 0 Å². The van der Waals surface area contributed by atoms with Gasteiger partial charge in [0, 0.05) is 12.7 Å². The normalized spacial score (nSPS) is 12.7. The van der Waals surface area contributed by atoms with Gasteiger partial charge in [-0.15, -0.1) is 0 Å². The molecule has 0 amide bonds. The summed E-state index contributed by atoms with van der Waals surface area (Å²) in [6, 6.07) is 1.06. The highest BCUT2D eigenvalue weighted by atomic mass is 16.5. The van der Waals surface area contributed by atoms with Gasteiger partial charge in [-0.3, -0.25) is 10.6 Å². The molecule has 0 aromatic carbocycles. The zero-order chi connectivity index (χ0) is 18.2. The summed E-state index contributed by atoms with van der Waals surface area (Å²) in [5.41, 5.74) is 8.97. The summed E-state index contributed by atoms with van der Waals surface area (Å²) in [5.74, 6) is 5.09. The molecule has 0 bridgehead atoms. The summed E-state index contributed by atoms with van der Waals surface area (Å²) in [6.07, 6.45) is 3.65. The number of nitrogens with zero attached hydrogens (tertiary/aromatic N) is 1. The second kappa shape index (κ2) is 9.41. The van der Waals surface area contributed by atoms with E-state index in [1.54, 1.807) is 12.3 Å². The molecule has 7 N–H and O–H groups in total. The number of hydrogen-bond donors (Lipinski definition) is 5. The van der Waals surface area contributed by atoms with Crippen LogP contribution in [-0.2, 0) is 11.3 Å². The van der Waals surface area contributed by atoms with Crippen molar-refractivity contribution in [2.75, 3.05) is 12.0 Å². The van der Waals surface area contributed by atoms with Gasteiger partial charge in [-0.1, -0.05) is 6.42 Å². The number of hydrazine groups is 1. The van der Waals surface area contributed by atoms with Crippen LogP contribution in [0.1, 0.15) is 45.6 Å². The minimum absolute atomic E-state index is 0.276. The van der Waals surface area contributed by atoms with Crippen molar-refractivity contribution in [1.82, 2.24) is 10.3 Å². The Bertz CT molecular complexity index is 531. The van der Waals surface area contributed by atoms with Gasteiger partial charge < -0.3 is 26.3 Å². The number of aliphatic carboxylic acids is 1. The van der Waals surface area contributed by atoms with Crippen LogP contribution in [0.15, 0.2) is 12.3 Å². The molecule has 24 heavy (non-hydrogen) atoms. The van der Waals surface area contributed by atoms with Gasteiger partial charge in [0.2, 0.25) is 5.88 Å². The molecule has 1 rings (SSSR count). The summed E-state index contributed by atoms with van der Waals surface area (Å²) >= 11 is 0. The summed E-state index contributed by atoms with van der Waals surface area (Å²) in [6.45, 7) is 6.59. The minimum Gasteiger partial charge on any atom is -0.480 e. The molecule has 0 aliphatic heterocycles. The Hall–Kier alpha value is -1.90. The van der Waals surface area contributed by atoms with Crippen LogP contribution < -0.4 is 27.1 Å². The van der Waals surface area contributed by atoms with Crippen LogP contribution >= 0.6 is 0 Å². The van der Waals surface area contributed by atoms with Crippen molar-refractivity contribution >= 4 is 11.7 Å². The Morgan fingerprint density at radius 1 is 1.42 bits per heavy atom. The van der Waals surface area contributed by atoms with Crippen molar-refractivity contribution < 1.29 is 14.6 Å². The summed E-state index contributed by atoms with van der Waals surface area (Å²) in [7, 11) is 0. The highest BCUT2D eigenvalue weighted by molar-refractivity contribution is 5.73. The van der Waals surface area contributed by atoms with E-state index in [0.29, 0.717) is 30.1 Å². The van der Waals surface area contributed by atoms with Crippen molar-refractivity contribution in [3.05, 3.63) is 17.8 Å². The number of unbranched alkanes of at least 4 members (excludes halogenated alkanes) is 1. The molecule has 0 radical (unpaired) electrons. The van der Waals surface area contributed by atoms with Gasteiger partial charge in [-0.2, -0.15) is 0 Å². The summed E-state index contributed by atoms with van der Waals surface area (Å²) in [4.78, 5) is 15.7. The number of carboxylic acids is 1. The molecule has 0 aliphatic carbocycles. The van der Waals surface area contributed by atoms with Gasteiger partial charge in [0.25, 0.3) is 0 Å². The first kappa shape index (κ1) is 20.1. The first-order chi connectivity index (χ1) is 11.3. The Morgan fingerprint density at radius 3 is 2.67 bits per heavy atom. The highest BCUT2D eigenvalue weighted by Crippen LogP contribution is 2.26. The molecule has 1 heterocycles. The van der Waals surface area contributed by atoms with E-state index in [0.717, 1.165) is 12.8 Å². The summed E-state index contributed by atoms with van der Waals surface area (Å²) in [5, 5.41) is 12.4. The largest absolute Gasteiger partial charge is 0.480 e. The van der Waals surface area contributed by atoms with Crippen molar-refractivity contribution in [2.45, 2.75) is 58.2 Å². The Kier molecular flexibility index (Phi) is 7.90. The third-order valence-corrected chi connectivity index (χ3v) is 3.34. The maximum atomic E-state index is 11.4. The lowest BCUT2D eigenvalue weighted by Crippen LogP contribution is -2.37. The lowest BCUT2D eigenvalue weighted by atomic mass is 10.1. The minimum atomic E-state index is -0.892. The van der Waals surface area contributed by atoms with Crippen molar-refractivity contribution in [1.29, 1.82) is 0 Å². The molecule has 0 fully saturated rings. The lowest BCUT2D eigenvalue weighted by molar-refractivity contribution is -0.139. The van der Waals surface area contributed by atoms with E-state index >= 15 is 0 Å². The predicted octanol–water partition coefficient (Wildman–Crippen LogP) is 1.22. The molecular formula is C16H29N5O3. The summed E-state index contributed by atoms with van der Waals surface area (Å²) < 4.78 is 5.86. The van der Waals surface area contributed by atoms with Crippen LogP contribution in [0, 0.1) is 0 Å². The third kappa shape index (κ3) is 6.69. The Morgan fingerprint density at radius 2 is 2.12 bits per heavy atom. The highest BCUT2D eigenvalue weighted by Gasteiger charge is 2.21. The molecule has 1 aromatic heterocycles. The van der Waals surface area contributed by atoms with Crippen LogP contribution in [0.25, 0.3) is 0 Å². The molecule has 0 saturated carbocycles. The number of nitrogens with two attached hydrogens (primary N) is 2. The van der Waals surface area contributed by atoms with Gasteiger partial charge >= 0.3 is 5.97 Å². The Balaban J connectivity index is 2.88. The molecule has 8 heteroatoms. The predicted molar refractivity (Wildman–Crippen MR) is 93.6 cm³/mol. The Labute approximate surface area is 142 Å². The standard InChI is InChI=1S/C16H29N5O3/c1-16(2,3)24-14-11(12(21-18)7-9-19-14)10-20-13(15(22)23)6-4-5-8-17/h7,9,13,20H,4-6,8,10,17-18H2,1-3H3,(H,19,21)(H,22,23). The molecular weight excluding hydrogens is 310 g/mol. The average Bonchev–Trinajstić information content (AvgIpc) is 2.49. The van der Waals surface area contributed by atoms with E-state index in [1.807, 2.05) is 20.8 Å². The van der Waals surface area contributed by atoms with Gasteiger partial charge in [-0.25, -0.2) is 4.98 Å². The van der Waals surface area contributed by atoms with Crippen LogP contribution in [-0.4, -0.2) is 34.2 Å². The number of hydrogen-bond acceptors (Lipinski definition) is 7. The van der Waals surface area contributed by atoms with E-state index in [9.17, 15) is 9.90 Å². The van der Waals surface area contributed by atoms with Gasteiger partial charge in [-0.05, 0) is 46.2 Å². The quantitative estimate of drug-likeness (QED) is 0.244. The molecule has 0 saturated heterocycles. The number of anilines is 1. The number of ether oxygens (including phenoxy) is 1. The van der Waals surface area contributed by atoms with Gasteiger partial charge in [0.1, 0.15) is 11.6 Å². The molecule has 136 valence electrons. The number of nitrogens with one attached hydrogen (secondary N) is 2. The number of aromatic nitrogens is 1. The molecule has 1 aromatic rings. The maximum Gasteiger partial charge on any atom is 0.320 e. The van der Waals surface area contributed by atoms with E-state index in [2.05, 4.69) is 15.7 Å². The molecule has 1 unspecified atom stereocenters. The van der Waals surface area contributed by atoms with Crippen molar-refractivity contribution in [3.63, 3.8) is 0 Å². The SMILES string of the molecule is CC(C)(C)Oc1nccc(NN)c1CNC(CCCCN)C(=O)O. The first-order valence-electron chi connectivity index (χ1n) is 8.08. The van der Waals surface area contributed by atoms with Crippen molar-refractivity contribution in [2.24, 2.45) is 11.6 Å². The average molecular weight is 339 g/mol. The molecule has 0 aliphatic rings. The second-order valence-corrected chi connectivity index (χ2v) is 6.56. The van der Waals surface area contributed by atoms with Gasteiger partial charge in [0.05, 0.1) is 11.3 Å². The maximum absolute atomic E-state index is 11.4. The number of carbonyl (C=O) groups is 1. The third-order valence-electron chi connectivity index (χ3n) is 3.34. The van der Waals surface area contributed by atoms with E-state index in [1.165, 1.54) is 0 Å². The first-order valence-corrected chi connectivity index (χ1v) is 8.08. The fraction of sp³-hybridized carbons (Fsp3) is 0.625. The number of pyridine rings is 1. The van der Waals surface area contributed by atoms with Crippen LogP contribution in [0.4, 0.5) is 5.69 Å². The van der Waals surface area contributed by atoms with E-state index in [4.69, 9.17) is 16.3 Å². The lowest BCUT2D eigenvalue weighted by Gasteiger charge is -2.24. The molecule has 1 atom stereocenters. The molecule has 0 spiro atoms. The smallest absolute Gasteiger partial charge is 0.320 e. The van der Waals surface area contributed by atoms with Crippen LogP contribution in [0.2, 0.25) is 0 Å². The molecule has 8 nitrogen and oxygen atoms in total. The van der Waals surface area contributed by atoms with Crippen LogP contribution in [0.5, 0.6) is 5.88 Å². The fourth-order valence-corrected chi connectivity index (χ4v) is 2.19. The number of rotatable bonds is 10. The topological polar surface area (TPSA) is 136 Å². The van der Waals surface area contributed by atoms with E-state index < -0.39 is 17.6 Å². The zero-order valence-electron chi connectivity index (χ0n) is 14.6. The van der Waals surface area contributed by atoms with Crippen molar-refractivity contribution in [3.8, 4) is 5.88 Å². The monoisotopic (exact) mass is 339 g/mol. The number of carboxylic acid groups (broad SMARTS) is 1. The second-order valence-electron chi connectivity index (χ2n) is 6.56. The number of nitrogen functional groups attached to an aromatic ring is 1. The van der Waals surface area contributed by atoms with E-state index in [-0.39, 0.29) is 6.54 Å². The fourth-order valence-electron chi connectivity index (χ4n) is 2.19. The van der Waals surface area contributed by atoms with Crippen LogP contribution in [0.3, 0.4) is 0 Å². The zero-order valence-corrected chi connectivity index (χ0v) is 14.6.